The van der Waals surface area contributed by atoms with Crippen LogP contribution >= 0.6 is 11.6 Å². The number of nitrogens with zero attached hydrogens (tertiary/aromatic N) is 2. The molecular formula is C37H39ClFN3O4S. The summed E-state index contributed by atoms with van der Waals surface area (Å²) >= 11 is 6.46. The molecule has 0 aromatic heterocycles. The molecule has 2 amide bonds. The summed E-state index contributed by atoms with van der Waals surface area (Å²) in [5, 5.41) is 3.50. The third-order valence-electron chi connectivity index (χ3n) is 8.63. The maximum Gasteiger partial charge on any atom is 0.264 e. The maximum atomic E-state index is 14.6. The first-order valence-electron chi connectivity index (χ1n) is 15.8. The van der Waals surface area contributed by atoms with E-state index in [1.54, 1.807) is 49.4 Å². The first-order chi connectivity index (χ1) is 22.5. The molecule has 0 saturated heterocycles. The summed E-state index contributed by atoms with van der Waals surface area (Å²) in [5.74, 6) is -1.34. The molecule has 10 heteroatoms. The number of rotatable bonds is 12. The van der Waals surface area contributed by atoms with Gasteiger partial charge in [0, 0.05) is 24.0 Å². The van der Waals surface area contributed by atoms with E-state index >= 15 is 0 Å². The van der Waals surface area contributed by atoms with Crippen LogP contribution in [0.1, 0.15) is 47.9 Å². The third-order valence-corrected chi connectivity index (χ3v) is 10.8. The van der Waals surface area contributed by atoms with Gasteiger partial charge in [-0.15, -0.1) is 0 Å². The van der Waals surface area contributed by atoms with Crippen molar-refractivity contribution in [2.24, 2.45) is 0 Å². The minimum Gasteiger partial charge on any atom is -0.352 e. The Balaban J connectivity index is 1.58. The first kappa shape index (κ1) is 34.1. The molecule has 7 nitrogen and oxygen atoms in total. The monoisotopic (exact) mass is 675 g/mol. The number of sulfonamides is 1. The van der Waals surface area contributed by atoms with E-state index in [1.807, 2.05) is 37.3 Å². The smallest absolute Gasteiger partial charge is 0.264 e. The van der Waals surface area contributed by atoms with E-state index in [1.165, 1.54) is 29.2 Å². The van der Waals surface area contributed by atoms with Crippen molar-refractivity contribution in [3.8, 4) is 0 Å². The van der Waals surface area contributed by atoms with Crippen molar-refractivity contribution in [3.63, 3.8) is 0 Å². The van der Waals surface area contributed by atoms with Gasteiger partial charge >= 0.3 is 0 Å². The number of carbonyl (C=O) groups excluding carboxylic acids is 2. The number of hydrogen-bond donors (Lipinski definition) is 1. The summed E-state index contributed by atoms with van der Waals surface area (Å²) in [5.41, 5.74) is 3.06. The Hall–Kier alpha value is -4.21. The molecule has 0 aliphatic heterocycles. The second-order valence-corrected chi connectivity index (χ2v) is 14.3. The van der Waals surface area contributed by atoms with E-state index in [0.29, 0.717) is 16.1 Å². The molecule has 1 saturated carbocycles. The topological polar surface area (TPSA) is 86.8 Å². The molecule has 0 bridgehead atoms. The number of aryl methyl sites for hydroxylation is 1. The molecule has 0 heterocycles. The van der Waals surface area contributed by atoms with Gasteiger partial charge in [0.15, 0.2) is 0 Å². The van der Waals surface area contributed by atoms with E-state index in [-0.39, 0.29) is 35.5 Å². The standard InChI is InChI=1S/C37H39ClFN3O4S/c1-26-15-21-32(22-16-26)47(45,46)42(34-14-8-13-33(38)27(34)2)25-36(43)41(24-29-17-19-30(39)20-18-29)35(23-28-9-4-3-5-10-28)37(44)40-31-11-6-7-12-31/h3-5,8-10,13-22,31,35H,6-7,11-12,23-25H2,1-2H3,(H,40,44)/t35-/m1/s1. The molecule has 1 atom stereocenters. The zero-order valence-corrected chi connectivity index (χ0v) is 28.1. The Kier molecular flexibility index (Phi) is 11.0. The summed E-state index contributed by atoms with van der Waals surface area (Å²) in [6, 6.07) is 25.4. The minimum absolute atomic E-state index is 0.00364. The van der Waals surface area contributed by atoms with Crippen molar-refractivity contribution >= 4 is 39.1 Å². The van der Waals surface area contributed by atoms with Crippen molar-refractivity contribution < 1.29 is 22.4 Å². The lowest BCUT2D eigenvalue weighted by Gasteiger charge is -2.34. The molecule has 246 valence electrons. The van der Waals surface area contributed by atoms with Gasteiger partial charge in [0.2, 0.25) is 11.8 Å². The van der Waals surface area contributed by atoms with Gasteiger partial charge in [-0.3, -0.25) is 13.9 Å². The molecule has 47 heavy (non-hydrogen) atoms. The fourth-order valence-electron chi connectivity index (χ4n) is 5.93. The predicted octanol–water partition coefficient (Wildman–Crippen LogP) is 6.99. The lowest BCUT2D eigenvalue weighted by molar-refractivity contribution is -0.140. The molecule has 1 aliphatic carbocycles. The number of halogens is 2. The minimum atomic E-state index is -4.26. The highest BCUT2D eigenvalue weighted by atomic mass is 35.5. The Morgan fingerprint density at radius 2 is 1.53 bits per heavy atom. The van der Waals surface area contributed by atoms with E-state index < -0.39 is 34.3 Å². The van der Waals surface area contributed by atoms with Crippen LogP contribution < -0.4 is 9.62 Å². The second-order valence-electron chi connectivity index (χ2n) is 12.1. The van der Waals surface area contributed by atoms with Gasteiger partial charge in [-0.25, -0.2) is 12.8 Å². The van der Waals surface area contributed by atoms with Crippen LogP contribution in [-0.2, 0) is 32.6 Å². The summed E-state index contributed by atoms with van der Waals surface area (Å²) in [7, 11) is -4.26. The fourth-order valence-corrected chi connectivity index (χ4v) is 7.57. The summed E-state index contributed by atoms with van der Waals surface area (Å²) < 4.78 is 43.5. The van der Waals surface area contributed by atoms with Crippen LogP contribution in [0.5, 0.6) is 0 Å². The van der Waals surface area contributed by atoms with Crippen LogP contribution in [0.3, 0.4) is 0 Å². The van der Waals surface area contributed by atoms with Crippen molar-refractivity contribution in [2.75, 3.05) is 10.8 Å². The van der Waals surface area contributed by atoms with Gasteiger partial charge < -0.3 is 10.2 Å². The quantitative estimate of drug-likeness (QED) is 0.175. The summed E-state index contributed by atoms with van der Waals surface area (Å²) in [4.78, 5) is 30.1. The largest absolute Gasteiger partial charge is 0.352 e. The number of hydrogen-bond acceptors (Lipinski definition) is 4. The molecule has 5 rings (SSSR count). The Morgan fingerprint density at radius 3 is 2.19 bits per heavy atom. The number of benzene rings is 4. The van der Waals surface area contributed by atoms with Gasteiger partial charge in [-0.2, -0.15) is 0 Å². The molecule has 1 fully saturated rings. The van der Waals surface area contributed by atoms with Gasteiger partial charge in [0.25, 0.3) is 10.0 Å². The molecule has 4 aromatic carbocycles. The molecule has 0 unspecified atom stereocenters. The lowest BCUT2D eigenvalue weighted by Crippen LogP contribution is -2.54. The third kappa shape index (κ3) is 8.39. The van der Waals surface area contributed by atoms with Crippen molar-refractivity contribution in [2.45, 2.75) is 69.5 Å². The summed E-state index contributed by atoms with van der Waals surface area (Å²) in [6.07, 6.45) is 3.93. The second kappa shape index (κ2) is 15.1. The van der Waals surface area contributed by atoms with Crippen molar-refractivity contribution in [3.05, 3.63) is 130 Å². The van der Waals surface area contributed by atoms with E-state index in [9.17, 15) is 22.4 Å². The highest BCUT2D eigenvalue weighted by Gasteiger charge is 2.36. The van der Waals surface area contributed by atoms with Crippen molar-refractivity contribution in [1.29, 1.82) is 0 Å². The van der Waals surface area contributed by atoms with Gasteiger partial charge in [0.1, 0.15) is 18.4 Å². The zero-order valence-electron chi connectivity index (χ0n) is 26.5. The average molecular weight is 676 g/mol. The molecule has 1 N–H and O–H groups in total. The van der Waals surface area contributed by atoms with Crippen molar-refractivity contribution in [1.82, 2.24) is 10.2 Å². The number of nitrogens with one attached hydrogen (secondary N) is 1. The van der Waals surface area contributed by atoms with Crippen LogP contribution in [0.2, 0.25) is 5.02 Å². The normalized spacial score (nSPS) is 14.0. The zero-order chi connectivity index (χ0) is 33.6. The Bertz CT molecular complexity index is 1800. The first-order valence-corrected chi connectivity index (χ1v) is 17.6. The number of amides is 2. The van der Waals surface area contributed by atoms with Gasteiger partial charge in [-0.05, 0) is 79.8 Å². The van der Waals surface area contributed by atoms with Crippen LogP contribution in [0.25, 0.3) is 0 Å². The molecular weight excluding hydrogens is 637 g/mol. The molecule has 0 radical (unpaired) electrons. The molecule has 0 spiro atoms. The van der Waals surface area contributed by atoms with E-state index in [2.05, 4.69) is 5.32 Å². The van der Waals surface area contributed by atoms with Gasteiger partial charge in [0.05, 0.1) is 10.6 Å². The van der Waals surface area contributed by atoms with Crippen LogP contribution in [-0.4, -0.2) is 43.8 Å². The molecule has 4 aromatic rings. The highest BCUT2D eigenvalue weighted by Crippen LogP contribution is 2.31. The number of carbonyl (C=O) groups is 2. The number of anilines is 1. The fraction of sp³-hybridized carbons (Fsp3) is 0.297. The highest BCUT2D eigenvalue weighted by molar-refractivity contribution is 7.92. The maximum absolute atomic E-state index is 14.6. The molecule has 1 aliphatic rings. The van der Waals surface area contributed by atoms with E-state index in [0.717, 1.165) is 41.1 Å². The Morgan fingerprint density at radius 1 is 0.872 bits per heavy atom. The van der Waals surface area contributed by atoms with Crippen LogP contribution in [0.4, 0.5) is 10.1 Å². The van der Waals surface area contributed by atoms with Crippen LogP contribution in [0, 0.1) is 19.7 Å². The SMILES string of the molecule is Cc1ccc(S(=O)(=O)N(CC(=O)N(Cc2ccc(F)cc2)[C@H](Cc2ccccc2)C(=O)NC2CCCC2)c2cccc(Cl)c2C)cc1. The predicted molar refractivity (Wildman–Crippen MR) is 183 cm³/mol. The summed E-state index contributed by atoms with van der Waals surface area (Å²) in [6.45, 7) is 2.92. The average Bonchev–Trinajstić information content (AvgIpc) is 3.57. The lowest BCUT2D eigenvalue weighted by atomic mass is 10.0. The van der Waals surface area contributed by atoms with Gasteiger partial charge in [-0.1, -0.05) is 90.7 Å². The van der Waals surface area contributed by atoms with Crippen LogP contribution in [0.15, 0.2) is 102 Å². The van der Waals surface area contributed by atoms with E-state index in [4.69, 9.17) is 11.6 Å². The Labute approximate surface area is 281 Å².